The van der Waals surface area contributed by atoms with Crippen molar-refractivity contribution in [3.8, 4) is 0 Å². The molecule has 96 valence electrons. The molecular formula is C9H16N4O3S. The molecule has 1 heterocycles. The molecule has 7 nitrogen and oxygen atoms in total. The van der Waals surface area contributed by atoms with E-state index >= 15 is 0 Å². The lowest BCUT2D eigenvalue weighted by Gasteiger charge is -2.06. The molecule has 0 aliphatic carbocycles. The maximum atomic E-state index is 11.6. The highest BCUT2D eigenvalue weighted by atomic mass is 32.2. The van der Waals surface area contributed by atoms with Crippen molar-refractivity contribution in [3.05, 3.63) is 22.5 Å². The number of hydrogen-bond donors (Lipinski definition) is 3. The molecule has 1 aromatic heterocycles. The number of anilines is 1. The largest absolute Gasteiger partial charge is 0.320 e. The van der Waals surface area contributed by atoms with E-state index in [1.807, 2.05) is 7.05 Å². The van der Waals surface area contributed by atoms with Gasteiger partial charge in [0.2, 0.25) is 10.0 Å². The number of aromatic nitrogens is 2. The molecule has 1 aromatic rings. The monoisotopic (exact) mass is 260 g/mol. The third-order valence-corrected chi connectivity index (χ3v) is 3.38. The van der Waals surface area contributed by atoms with E-state index in [0.717, 1.165) is 13.0 Å². The molecule has 0 saturated heterocycles. The normalized spacial score (nSPS) is 11.4. The number of hydrogen-bond acceptors (Lipinski definition) is 5. The lowest BCUT2D eigenvalue weighted by atomic mass is 10.3. The van der Waals surface area contributed by atoms with E-state index in [1.54, 1.807) is 0 Å². The van der Waals surface area contributed by atoms with Gasteiger partial charge in [0, 0.05) is 6.07 Å². The van der Waals surface area contributed by atoms with Crippen LogP contribution in [0.4, 0.5) is 5.82 Å². The predicted molar refractivity (Wildman–Crippen MR) is 65.4 cm³/mol. The Balaban J connectivity index is 2.49. The summed E-state index contributed by atoms with van der Waals surface area (Å²) in [6.45, 7) is 0.784. The first-order valence-corrected chi connectivity index (χ1v) is 6.89. The van der Waals surface area contributed by atoms with Gasteiger partial charge in [0.25, 0.3) is 5.56 Å². The Morgan fingerprint density at radius 3 is 2.71 bits per heavy atom. The third kappa shape index (κ3) is 5.45. The molecule has 17 heavy (non-hydrogen) atoms. The summed E-state index contributed by atoms with van der Waals surface area (Å²) in [6.07, 6.45) is 1.36. The number of nitrogens with zero attached hydrogens (tertiary/aromatic N) is 1. The molecule has 0 unspecified atom stereocenters. The third-order valence-electron chi connectivity index (χ3n) is 2.03. The highest BCUT2D eigenvalue weighted by Crippen LogP contribution is 2.03. The maximum Gasteiger partial charge on any atom is 0.264 e. The molecule has 0 amide bonds. The molecule has 0 fully saturated rings. The van der Waals surface area contributed by atoms with Gasteiger partial charge in [-0.2, -0.15) is 5.10 Å². The molecule has 1 rings (SSSR count). The smallest absolute Gasteiger partial charge is 0.264 e. The summed E-state index contributed by atoms with van der Waals surface area (Å²) in [5.41, 5.74) is -0.373. The Bertz CT molecular complexity index is 477. The van der Waals surface area contributed by atoms with Gasteiger partial charge in [-0.15, -0.1) is 0 Å². The summed E-state index contributed by atoms with van der Waals surface area (Å²) in [5, 5.41) is 8.67. The standard InChI is InChI=1S/C9H16N4O3S/c1-10-6-2-3-7-17(15,16)13-8-4-5-9(14)12-11-8/h4-5,10H,2-3,6-7H2,1H3,(H,11,13)(H,12,14). The topological polar surface area (TPSA) is 104 Å². The minimum atomic E-state index is -3.39. The van der Waals surface area contributed by atoms with Crippen LogP contribution in [-0.2, 0) is 10.0 Å². The first-order chi connectivity index (χ1) is 8.03. The van der Waals surface area contributed by atoms with E-state index in [2.05, 4.69) is 20.2 Å². The van der Waals surface area contributed by atoms with E-state index in [4.69, 9.17) is 0 Å². The first-order valence-electron chi connectivity index (χ1n) is 5.24. The molecule has 0 saturated carbocycles. The van der Waals surface area contributed by atoms with Crippen LogP contribution in [0.2, 0.25) is 0 Å². The molecular weight excluding hydrogens is 244 g/mol. The van der Waals surface area contributed by atoms with Crippen LogP contribution in [0.15, 0.2) is 16.9 Å². The van der Waals surface area contributed by atoms with Crippen molar-refractivity contribution in [2.45, 2.75) is 12.8 Å². The number of aromatic amines is 1. The fraction of sp³-hybridized carbons (Fsp3) is 0.556. The van der Waals surface area contributed by atoms with Crippen LogP contribution in [0.5, 0.6) is 0 Å². The number of H-pyrrole nitrogens is 1. The van der Waals surface area contributed by atoms with Crippen LogP contribution in [-0.4, -0.2) is 38.0 Å². The Kier molecular flexibility index (Phi) is 5.11. The fourth-order valence-corrected chi connectivity index (χ4v) is 2.32. The summed E-state index contributed by atoms with van der Waals surface area (Å²) < 4.78 is 25.5. The zero-order valence-electron chi connectivity index (χ0n) is 9.56. The van der Waals surface area contributed by atoms with Gasteiger partial charge in [0.1, 0.15) is 0 Å². The number of rotatable bonds is 7. The zero-order valence-corrected chi connectivity index (χ0v) is 10.4. The molecule has 0 atom stereocenters. The highest BCUT2D eigenvalue weighted by molar-refractivity contribution is 7.92. The highest BCUT2D eigenvalue weighted by Gasteiger charge is 2.10. The van der Waals surface area contributed by atoms with Gasteiger partial charge in [-0.05, 0) is 32.5 Å². The second-order valence-corrected chi connectivity index (χ2v) is 5.38. The van der Waals surface area contributed by atoms with Crippen molar-refractivity contribution < 1.29 is 8.42 Å². The maximum absolute atomic E-state index is 11.6. The van der Waals surface area contributed by atoms with Crippen LogP contribution >= 0.6 is 0 Å². The number of unbranched alkanes of at least 4 members (excludes halogenated alkanes) is 1. The zero-order chi connectivity index (χ0) is 12.7. The van der Waals surface area contributed by atoms with E-state index in [0.29, 0.717) is 6.42 Å². The molecule has 0 aromatic carbocycles. The molecule has 0 spiro atoms. The second kappa shape index (κ2) is 6.36. The fourth-order valence-electron chi connectivity index (χ4n) is 1.21. The van der Waals surface area contributed by atoms with Crippen molar-refractivity contribution in [3.63, 3.8) is 0 Å². The summed E-state index contributed by atoms with van der Waals surface area (Å²) in [6, 6.07) is 2.54. The van der Waals surface area contributed by atoms with E-state index < -0.39 is 10.0 Å². The average Bonchev–Trinajstić information content (AvgIpc) is 2.27. The van der Waals surface area contributed by atoms with E-state index in [-0.39, 0.29) is 17.1 Å². The van der Waals surface area contributed by atoms with Crippen molar-refractivity contribution in [2.24, 2.45) is 0 Å². The van der Waals surface area contributed by atoms with Crippen molar-refractivity contribution in [2.75, 3.05) is 24.1 Å². The van der Waals surface area contributed by atoms with E-state index in [9.17, 15) is 13.2 Å². The Morgan fingerprint density at radius 2 is 2.12 bits per heavy atom. The SMILES string of the molecule is CNCCCCS(=O)(=O)Nc1ccc(=O)[nH]n1. The van der Waals surface area contributed by atoms with Gasteiger partial charge in [-0.25, -0.2) is 13.5 Å². The van der Waals surface area contributed by atoms with Crippen molar-refractivity contribution in [1.82, 2.24) is 15.5 Å². The van der Waals surface area contributed by atoms with Crippen LogP contribution in [0.25, 0.3) is 0 Å². The van der Waals surface area contributed by atoms with Crippen LogP contribution in [0, 0.1) is 0 Å². The van der Waals surface area contributed by atoms with Gasteiger partial charge >= 0.3 is 0 Å². The van der Waals surface area contributed by atoms with Crippen LogP contribution in [0.3, 0.4) is 0 Å². The predicted octanol–water partition coefficient (Wildman–Crippen LogP) is -0.489. The first kappa shape index (κ1) is 13.7. The molecule has 0 bridgehead atoms. The van der Waals surface area contributed by atoms with Crippen LogP contribution in [0.1, 0.15) is 12.8 Å². The van der Waals surface area contributed by atoms with E-state index in [1.165, 1.54) is 12.1 Å². The van der Waals surface area contributed by atoms with Gasteiger partial charge in [0.15, 0.2) is 5.82 Å². The molecule has 3 N–H and O–H groups in total. The summed E-state index contributed by atoms with van der Waals surface area (Å²) in [5.74, 6) is 0.161. The Labute approximate surface area is 99.7 Å². The van der Waals surface area contributed by atoms with Gasteiger partial charge in [-0.1, -0.05) is 0 Å². The van der Waals surface area contributed by atoms with Crippen LogP contribution < -0.4 is 15.6 Å². The van der Waals surface area contributed by atoms with Crippen molar-refractivity contribution in [1.29, 1.82) is 0 Å². The van der Waals surface area contributed by atoms with Crippen molar-refractivity contribution >= 4 is 15.8 Å². The summed E-state index contributed by atoms with van der Waals surface area (Å²) in [7, 11) is -1.57. The average molecular weight is 260 g/mol. The molecule has 8 heteroatoms. The summed E-state index contributed by atoms with van der Waals surface area (Å²) in [4.78, 5) is 10.7. The minimum absolute atomic E-state index is 0.0372. The Morgan fingerprint density at radius 1 is 1.35 bits per heavy atom. The number of nitrogens with one attached hydrogen (secondary N) is 3. The quantitative estimate of drug-likeness (QED) is 0.574. The second-order valence-electron chi connectivity index (χ2n) is 3.54. The van der Waals surface area contributed by atoms with Gasteiger partial charge in [-0.3, -0.25) is 9.52 Å². The van der Waals surface area contributed by atoms with Gasteiger partial charge in [0.05, 0.1) is 5.75 Å². The minimum Gasteiger partial charge on any atom is -0.320 e. The molecule has 0 radical (unpaired) electrons. The molecule has 0 aliphatic heterocycles. The number of sulfonamides is 1. The van der Waals surface area contributed by atoms with Gasteiger partial charge < -0.3 is 5.32 Å². The molecule has 0 aliphatic rings. The lowest BCUT2D eigenvalue weighted by Crippen LogP contribution is -2.20. The Hall–Kier alpha value is -1.41. The lowest BCUT2D eigenvalue weighted by molar-refractivity contribution is 0.594. The summed E-state index contributed by atoms with van der Waals surface area (Å²) >= 11 is 0.